The summed E-state index contributed by atoms with van der Waals surface area (Å²) in [5.41, 5.74) is 2.32. The van der Waals surface area contributed by atoms with Gasteiger partial charge in [-0.2, -0.15) is 0 Å². The molecule has 2 saturated heterocycles. The maximum Gasteiger partial charge on any atom is 0.327 e. The number of carbonyl (C=O) groups excluding carboxylic acids is 2. The molecule has 0 radical (unpaired) electrons. The van der Waals surface area contributed by atoms with Gasteiger partial charge in [-0.1, -0.05) is 94.3 Å². The highest BCUT2D eigenvalue weighted by atomic mass is 35.5. The molecule has 2 aliphatic rings. The number of hydrogen-bond donors (Lipinski definition) is 2. The molecule has 2 aliphatic heterocycles. The molecule has 0 aromatic heterocycles. The smallest absolute Gasteiger partial charge is 0.327 e. The molecule has 10 nitrogen and oxygen atoms in total. The number of halogens is 2. The molecular weight excluding hydrogens is 735 g/mol. The van der Waals surface area contributed by atoms with Crippen LogP contribution in [0.1, 0.15) is 61.7 Å². The van der Waals surface area contributed by atoms with Crippen LogP contribution in [0.4, 0.5) is 0 Å². The Morgan fingerprint density at radius 1 is 0.843 bits per heavy atom. The first-order valence-corrected chi connectivity index (χ1v) is 19.6. The van der Waals surface area contributed by atoms with E-state index in [-0.39, 0.29) is 29.4 Å². The van der Waals surface area contributed by atoms with E-state index in [1.807, 2.05) is 23.1 Å². The molecule has 0 spiro atoms. The van der Waals surface area contributed by atoms with E-state index in [1.165, 1.54) is 14.2 Å². The second kappa shape index (κ2) is 19.3. The van der Waals surface area contributed by atoms with Gasteiger partial charge in [0, 0.05) is 52.8 Å². The number of likely N-dealkylation sites (tertiary alicyclic amines) is 2. The number of carboxylic acid groups (broad SMARTS) is 2. The molecule has 0 saturated carbocycles. The number of nitrogens with zero attached hydrogens (tertiary/aromatic N) is 2. The Hall–Kier alpha value is -2.84. The minimum absolute atomic E-state index is 0.105. The number of methoxy groups -OCH3 is 2. The van der Waals surface area contributed by atoms with E-state index in [1.54, 1.807) is 51.9 Å². The second-order valence-electron chi connectivity index (χ2n) is 12.7. The van der Waals surface area contributed by atoms with Crippen LogP contribution in [0.15, 0.2) is 72.8 Å². The number of aldehydes is 1. The van der Waals surface area contributed by atoms with Crippen molar-refractivity contribution in [3.05, 3.63) is 94.0 Å². The third-order valence-corrected chi connectivity index (χ3v) is 13.6. The zero-order chi connectivity index (χ0) is 37.2. The SMILES string of the molecule is C=C(CC(=O)O)C1CC(SSC2CCN(C(c3ccccc3Cl)[C@@H](C=O)OC)C(C(=C)CC(=O)O)C2)CCN1C(C(=O)OC)c1ccccc1Cl. The van der Waals surface area contributed by atoms with Crippen LogP contribution in [0.25, 0.3) is 0 Å². The number of carboxylic acids is 2. The summed E-state index contributed by atoms with van der Waals surface area (Å²) in [6.45, 7) is 9.35. The Morgan fingerprint density at radius 2 is 1.31 bits per heavy atom. The van der Waals surface area contributed by atoms with Crippen LogP contribution < -0.4 is 0 Å². The minimum atomic E-state index is -1.00. The lowest BCUT2D eigenvalue weighted by Crippen LogP contribution is -2.50. The molecule has 2 aromatic carbocycles. The van der Waals surface area contributed by atoms with Crippen molar-refractivity contribution in [1.29, 1.82) is 0 Å². The predicted molar refractivity (Wildman–Crippen MR) is 202 cm³/mol. The van der Waals surface area contributed by atoms with Crippen molar-refractivity contribution in [2.75, 3.05) is 27.3 Å². The van der Waals surface area contributed by atoms with Gasteiger partial charge < -0.3 is 24.5 Å². The van der Waals surface area contributed by atoms with Gasteiger partial charge in [0.05, 0.1) is 26.0 Å². The number of ether oxygens (including phenoxy) is 2. The Morgan fingerprint density at radius 3 is 1.76 bits per heavy atom. The largest absolute Gasteiger partial charge is 0.481 e. The summed E-state index contributed by atoms with van der Waals surface area (Å²) in [6.07, 6.45) is 2.04. The van der Waals surface area contributed by atoms with E-state index in [4.69, 9.17) is 32.7 Å². The molecule has 6 unspecified atom stereocenters. The summed E-state index contributed by atoms with van der Waals surface area (Å²) >= 11 is 13.2. The highest BCUT2D eigenvalue weighted by Gasteiger charge is 2.42. The van der Waals surface area contributed by atoms with Gasteiger partial charge in [-0.25, -0.2) is 4.79 Å². The maximum absolute atomic E-state index is 13.2. The molecule has 0 amide bonds. The molecule has 2 aromatic rings. The van der Waals surface area contributed by atoms with E-state index in [0.717, 1.165) is 12.7 Å². The summed E-state index contributed by atoms with van der Waals surface area (Å²) in [6, 6.07) is 12.1. The lowest BCUT2D eigenvalue weighted by atomic mass is 9.89. The van der Waals surface area contributed by atoms with Gasteiger partial charge in [-0.15, -0.1) is 0 Å². The molecule has 2 N–H and O–H groups in total. The van der Waals surface area contributed by atoms with Gasteiger partial charge in [0.25, 0.3) is 0 Å². The fraction of sp³-hybridized carbons (Fsp3) is 0.459. The third kappa shape index (κ3) is 10.4. The first kappa shape index (κ1) is 40.9. The van der Waals surface area contributed by atoms with Crippen LogP contribution >= 0.6 is 44.8 Å². The van der Waals surface area contributed by atoms with Gasteiger partial charge in [-0.3, -0.25) is 19.4 Å². The summed E-state index contributed by atoms with van der Waals surface area (Å²) in [5.74, 6) is -2.48. The molecule has 4 rings (SSSR count). The second-order valence-corrected chi connectivity index (χ2v) is 16.4. The van der Waals surface area contributed by atoms with E-state index in [0.29, 0.717) is 64.7 Å². The number of piperidine rings is 2. The monoisotopic (exact) mass is 778 g/mol. The van der Waals surface area contributed by atoms with Crippen LogP contribution in [0.3, 0.4) is 0 Å². The van der Waals surface area contributed by atoms with Crippen LogP contribution in [-0.2, 0) is 28.7 Å². The fourth-order valence-corrected chi connectivity index (χ4v) is 10.8. The molecule has 51 heavy (non-hydrogen) atoms. The molecule has 2 heterocycles. The highest BCUT2D eigenvalue weighted by molar-refractivity contribution is 8.77. The number of esters is 1. The first-order valence-electron chi connectivity index (χ1n) is 16.6. The van der Waals surface area contributed by atoms with E-state index in [2.05, 4.69) is 18.1 Å². The van der Waals surface area contributed by atoms with Crippen LogP contribution in [0.2, 0.25) is 10.0 Å². The Kier molecular flexibility index (Phi) is 15.5. The maximum atomic E-state index is 13.2. The average molecular weight is 780 g/mol. The Bertz CT molecular complexity index is 1600. The van der Waals surface area contributed by atoms with Crippen LogP contribution in [0, 0.1) is 0 Å². The molecule has 14 heteroatoms. The number of benzene rings is 2. The van der Waals surface area contributed by atoms with Crippen molar-refractivity contribution in [3.63, 3.8) is 0 Å². The molecule has 0 aliphatic carbocycles. The van der Waals surface area contributed by atoms with Crippen molar-refractivity contribution >= 4 is 69.0 Å². The van der Waals surface area contributed by atoms with E-state index >= 15 is 0 Å². The van der Waals surface area contributed by atoms with E-state index in [9.17, 15) is 29.4 Å². The molecule has 0 bridgehead atoms. The predicted octanol–water partition coefficient (Wildman–Crippen LogP) is 7.27. The summed E-state index contributed by atoms with van der Waals surface area (Å²) in [4.78, 5) is 53.2. The summed E-state index contributed by atoms with van der Waals surface area (Å²) < 4.78 is 10.8. The first-order chi connectivity index (χ1) is 24.4. The number of hydrogen-bond acceptors (Lipinski definition) is 10. The van der Waals surface area contributed by atoms with Crippen molar-refractivity contribution < 1.29 is 38.9 Å². The van der Waals surface area contributed by atoms with Crippen molar-refractivity contribution in [3.8, 4) is 0 Å². The van der Waals surface area contributed by atoms with Gasteiger partial charge in [0.1, 0.15) is 12.1 Å². The normalized spacial score (nSPS) is 23.1. The minimum Gasteiger partial charge on any atom is -0.481 e. The topological polar surface area (TPSA) is 134 Å². The average Bonchev–Trinajstić information content (AvgIpc) is 3.10. The summed E-state index contributed by atoms with van der Waals surface area (Å²) in [5, 5.41) is 20.5. The van der Waals surface area contributed by atoms with Gasteiger partial charge in [-0.05, 0) is 60.1 Å². The lowest BCUT2D eigenvalue weighted by Gasteiger charge is -2.46. The number of rotatable bonds is 17. The summed E-state index contributed by atoms with van der Waals surface area (Å²) in [7, 11) is 6.22. The molecule has 2 fully saturated rings. The zero-order valence-corrected chi connectivity index (χ0v) is 31.8. The van der Waals surface area contributed by atoms with E-state index < -0.39 is 42.1 Å². The molecule has 7 atom stereocenters. The van der Waals surface area contributed by atoms with Gasteiger partial charge in [0.2, 0.25) is 0 Å². The van der Waals surface area contributed by atoms with Gasteiger partial charge >= 0.3 is 17.9 Å². The van der Waals surface area contributed by atoms with Crippen LogP contribution in [0.5, 0.6) is 0 Å². The van der Waals surface area contributed by atoms with Crippen molar-refractivity contribution in [2.24, 2.45) is 0 Å². The van der Waals surface area contributed by atoms with Gasteiger partial charge in [0.15, 0.2) is 6.29 Å². The molecular formula is C37H44Cl2N2O8S2. The lowest BCUT2D eigenvalue weighted by molar-refractivity contribution is -0.148. The quantitative estimate of drug-likeness (QED) is 0.0724. The third-order valence-electron chi connectivity index (χ3n) is 9.47. The fourth-order valence-electron chi connectivity index (χ4n) is 7.07. The Balaban J connectivity index is 1.55. The number of aliphatic carboxylic acids is 2. The molecule has 276 valence electrons. The standard InChI is InChI=1S/C37H44Cl2N2O8S2/c1-22(17-33(43)44)30-19-24(13-15-40(30)35(32(21-42)48-3)26-9-5-7-11-28(26)38)50-51-25-14-16-41(31(20-25)23(2)18-34(45)46)36(37(47)49-4)27-10-6-8-12-29(27)39/h5-12,21,24-25,30-32,35-36H,1-2,13-20H2,3-4H3,(H,43,44)(H,45,46)/t24?,25?,30?,31?,32-,35?,36?/m1/s1. The zero-order valence-electron chi connectivity index (χ0n) is 28.6. The Labute approximate surface area is 316 Å². The number of carbonyl (C=O) groups is 4. The van der Waals surface area contributed by atoms with Crippen molar-refractivity contribution in [2.45, 2.75) is 79.3 Å². The van der Waals surface area contributed by atoms with Crippen molar-refractivity contribution in [1.82, 2.24) is 9.80 Å². The highest BCUT2D eigenvalue weighted by Crippen LogP contribution is 2.47. The van der Waals surface area contributed by atoms with Crippen LogP contribution in [-0.4, -0.2) is 100 Å².